The van der Waals surface area contributed by atoms with E-state index in [2.05, 4.69) is 135 Å². The van der Waals surface area contributed by atoms with E-state index in [1.54, 1.807) is 19.2 Å². The van der Waals surface area contributed by atoms with Crippen LogP contribution in [0.1, 0.15) is 135 Å². The Balaban J connectivity index is 1.10. The molecule has 0 radical (unpaired) electrons. The topological polar surface area (TPSA) is 176 Å². The van der Waals surface area contributed by atoms with Gasteiger partial charge in [0.2, 0.25) is 23.6 Å². The van der Waals surface area contributed by atoms with E-state index in [-0.39, 0.29) is 36.8 Å². The minimum absolute atomic E-state index is 0.0300. The summed E-state index contributed by atoms with van der Waals surface area (Å²) in [5.74, 6) is -2.24. The molecule has 5 aromatic rings. The molecule has 0 aliphatic carbocycles. The van der Waals surface area contributed by atoms with Crippen LogP contribution in [0.25, 0.3) is 16.5 Å². The summed E-state index contributed by atoms with van der Waals surface area (Å²) in [4.78, 5) is 80.3. The van der Waals surface area contributed by atoms with Gasteiger partial charge in [-0.3, -0.25) is 24.0 Å². The zero-order valence-electron chi connectivity index (χ0n) is 49.4. The maximum atomic E-state index is 15.0. The lowest BCUT2D eigenvalue weighted by Crippen LogP contribution is -2.66. The first-order chi connectivity index (χ1) is 38.1. The van der Waals surface area contributed by atoms with Crippen LogP contribution in [0.3, 0.4) is 0 Å². The van der Waals surface area contributed by atoms with Crippen LogP contribution in [-0.4, -0.2) is 113 Å². The molecule has 0 fully saturated rings. The number of amides is 4. The first-order valence-electron chi connectivity index (χ1n) is 28.8. The maximum absolute atomic E-state index is 15.0. The average Bonchev–Trinajstić information content (AvgIpc) is 3.94. The molecule has 0 unspecified atom stereocenters. The highest BCUT2D eigenvalue weighted by Crippen LogP contribution is 2.42. The van der Waals surface area contributed by atoms with Gasteiger partial charge >= 0.3 is 5.97 Å². The molecule has 4 aromatic carbocycles. The predicted octanol–water partition coefficient (Wildman–Crippen LogP) is 9.70. The SMILES string of the molecule is C/C1=C\CC[C@H](C)OC(=O)C[C@H](c2ccc(O)cc2)NC(=O)[C@@H](Cc2cc3ccccc3[nH]2)N(C)C(=O)[C@H](CCCCNC(=O)CCC=C2c3ccc(N(C)C)cc3[Si](C(C)C)(C(C)C)c3cc(N(C)C)ccc32)NC(=O)[C@@H](C)C1. The highest BCUT2D eigenvalue weighted by Gasteiger charge is 2.49. The molecule has 1 aromatic heterocycles. The fraction of sp³-hybridized carbons (Fsp3) is 0.462. The van der Waals surface area contributed by atoms with Crippen molar-refractivity contribution in [2.75, 3.05) is 51.6 Å². The van der Waals surface area contributed by atoms with Gasteiger partial charge in [-0.1, -0.05) is 94.8 Å². The van der Waals surface area contributed by atoms with Gasteiger partial charge in [-0.25, -0.2) is 0 Å². The fourth-order valence-corrected chi connectivity index (χ4v) is 18.3. The van der Waals surface area contributed by atoms with E-state index in [9.17, 15) is 29.1 Å². The lowest BCUT2D eigenvalue weighted by atomic mass is 9.94. The van der Waals surface area contributed by atoms with Crippen molar-refractivity contribution in [2.24, 2.45) is 5.92 Å². The Morgan fingerprint density at radius 2 is 1.46 bits per heavy atom. The quantitative estimate of drug-likeness (QED) is 0.0296. The Morgan fingerprint density at radius 3 is 2.08 bits per heavy atom. The lowest BCUT2D eigenvalue weighted by molar-refractivity contribution is -0.149. The first-order valence-corrected chi connectivity index (χ1v) is 30.9. The molecular weight excluding hydrogens is 1020 g/mol. The molecule has 15 heteroatoms. The van der Waals surface area contributed by atoms with Crippen molar-refractivity contribution in [1.82, 2.24) is 25.8 Å². The van der Waals surface area contributed by atoms with E-state index in [4.69, 9.17) is 4.74 Å². The number of hydrogen-bond donors (Lipinski definition) is 5. The molecule has 5 atom stereocenters. The van der Waals surface area contributed by atoms with Crippen molar-refractivity contribution in [2.45, 2.75) is 148 Å². The van der Waals surface area contributed by atoms with Gasteiger partial charge in [-0.2, -0.15) is 0 Å². The molecule has 428 valence electrons. The number of fused-ring (bicyclic) bond motifs is 3. The third-order valence-corrected chi connectivity index (χ3v) is 22.7. The van der Waals surface area contributed by atoms with E-state index in [1.165, 1.54) is 55.5 Å². The van der Waals surface area contributed by atoms with E-state index < -0.39 is 56.0 Å². The highest BCUT2D eigenvalue weighted by atomic mass is 28.3. The number of rotatable bonds is 15. The second-order valence-corrected chi connectivity index (χ2v) is 28.6. The number of ether oxygens (including phenoxy) is 1. The zero-order chi connectivity index (χ0) is 58.0. The largest absolute Gasteiger partial charge is 0.508 e. The number of hydrogen-bond acceptors (Lipinski definition) is 9. The van der Waals surface area contributed by atoms with Gasteiger partial charge in [0.15, 0.2) is 0 Å². The third-order valence-electron chi connectivity index (χ3n) is 16.5. The number of anilines is 2. The van der Waals surface area contributed by atoms with Gasteiger partial charge in [0.25, 0.3) is 0 Å². The summed E-state index contributed by atoms with van der Waals surface area (Å²) >= 11 is 0. The number of likely N-dealkylation sites (N-methyl/N-ethyl adjacent to an activating group) is 1. The van der Waals surface area contributed by atoms with Crippen molar-refractivity contribution < 1.29 is 33.8 Å². The number of para-hydroxylation sites is 1. The summed E-state index contributed by atoms with van der Waals surface area (Å²) in [6.45, 7) is 15.6. The minimum Gasteiger partial charge on any atom is -0.508 e. The Morgan fingerprint density at radius 1 is 0.825 bits per heavy atom. The maximum Gasteiger partial charge on any atom is 0.308 e. The average molecular weight is 1110 g/mol. The van der Waals surface area contributed by atoms with Crippen molar-refractivity contribution in [3.05, 3.63) is 131 Å². The monoisotopic (exact) mass is 1110 g/mol. The number of phenols is 1. The summed E-state index contributed by atoms with van der Waals surface area (Å²) in [6, 6.07) is 26.9. The molecule has 2 aliphatic heterocycles. The van der Waals surface area contributed by atoms with Gasteiger partial charge in [0.05, 0.1) is 18.6 Å². The molecule has 2 aliphatic rings. The number of esters is 1. The van der Waals surface area contributed by atoms with Crippen LogP contribution in [0.2, 0.25) is 11.1 Å². The first kappa shape index (κ1) is 60.5. The van der Waals surface area contributed by atoms with Gasteiger partial charge in [0.1, 0.15) is 25.9 Å². The molecule has 4 amide bonds. The van der Waals surface area contributed by atoms with Crippen molar-refractivity contribution >= 4 is 75.9 Å². The number of nitrogens with one attached hydrogen (secondary N) is 4. The fourth-order valence-electron chi connectivity index (χ4n) is 12.1. The highest BCUT2D eigenvalue weighted by molar-refractivity contribution is 7.05. The summed E-state index contributed by atoms with van der Waals surface area (Å²) in [5, 5.41) is 23.3. The molecule has 5 N–H and O–H groups in total. The van der Waals surface area contributed by atoms with Crippen LogP contribution < -0.4 is 36.1 Å². The van der Waals surface area contributed by atoms with E-state index in [1.807, 2.05) is 51.1 Å². The number of allylic oxidation sites excluding steroid dienone is 3. The van der Waals surface area contributed by atoms with Crippen LogP contribution in [-0.2, 0) is 35.1 Å². The molecular formula is C65H87N7O7Si. The molecule has 0 spiro atoms. The van der Waals surface area contributed by atoms with Crippen LogP contribution >= 0.6 is 0 Å². The Hall–Kier alpha value is -7.13. The van der Waals surface area contributed by atoms with E-state index in [0.29, 0.717) is 73.8 Å². The number of carbonyl (C=O) groups excluding carboxylic acids is 5. The number of H-pyrrole nitrogens is 1. The summed E-state index contributed by atoms with van der Waals surface area (Å²) in [5.41, 5.74) is 10.1. The Kier molecular flexibility index (Phi) is 20.3. The van der Waals surface area contributed by atoms with Crippen LogP contribution in [0, 0.1) is 5.92 Å². The Bertz CT molecular complexity index is 2960. The summed E-state index contributed by atoms with van der Waals surface area (Å²) < 4.78 is 5.84. The molecule has 0 bridgehead atoms. The minimum atomic E-state index is -2.33. The second-order valence-electron chi connectivity index (χ2n) is 23.4. The molecule has 14 nitrogen and oxygen atoms in total. The smallest absolute Gasteiger partial charge is 0.308 e. The van der Waals surface area contributed by atoms with Crippen LogP contribution in [0.15, 0.2) is 109 Å². The molecule has 0 saturated carbocycles. The predicted molar refractivity (Wildman–Crippen MR) is 326 cm³/mol. The van der Waals surface area contributed by atoms with Crippen molar-refractivity contribution in [3.8, 4) is 5.75 Å². The standard InChI is InChI=1S/C65H87N7O7Si/c1-41(2)80(42(3)4)59-38-49(70(8)9)28-32-53(59)52(54-33-29-50(71(10)11)39-60(54)80)22-18-25-61(74)66-34-16-15-24-56-65(78)72(12)58(37-48-36-47-21-13-14-23-55(47)67-48)64(77)69-57(46-26-30-51(73)31-27-46)40-62(75)79-45(7)20-17-19-43(5)35-44(6)63(76)68-56/h13-14,19,21-23,26-33,36,38-39,41-42,44-45,56-58,67,73H,15-18,20,24-25,34-35,37,40H2,1-12H3,(H,66,74)(H,68,76)(H,69,77)/b43-19+/t44-,45-,56-,57+,58+/m0/s1. The van der Waals surface area contributed by atoms with Crippen molar-refractivity contribution in [1.29, 1.82) is 0 Å². The summed E-state index contributed by atoms with van der Waals surface area (Å²) in [7, 11) is 7.63. The number of aromatic amines is 1. The number of nitrogens with zero attached hydrogens (tertiary/aromatic N) is 3. The number of carbonyl (C=O) groups is 5. The normalized spacial score (nSPS) is 21.0. The van der Waals surface area contributed by atoms with Gasteiger partial charge in [-0.05, 0) is 156 Å². The Labute approximate surface area is 475 Å². The number of cyclic esters (lactones) is 1. The molecule has 3 heterocycles. The molecule has 7 rings (SSSR count). The van der Waals surface area contributed by atoms with Gasteiger partial charge in [0, 0.05) is 83.1 Å². The zero-order valence-corrected chi connectivity index (χ0v) is 50.4. The molecule has 0 saturated heterocycles. The molecule has 80 heavy (non-hydrogen) atoms. The number of benzene rings is 4. The van der Waals surface area contributed by atoms with Gasteiger partial charge < -0.3 is 45.5 Å². The lowest BCUT2D eigenvalue weighted by Gasteiger charge is -2.47. The van der Waals surface area contributed by atoms with E-state index >= 15 is 0 Å². The number of aromatic nitrogens is 1. The van der Waals surface area contributed by atoms with Crippen LogP contribution in [0.5, 0.6) is 5.75 Å². The van der Waals surface area contributed by atoms with Crippen LogP contribution in [0.4, 0.5) is 11.4 Å². The number of aromatic hydroxyl groups is 1. The number of phenolic OH excluding ortho intramolecular Hbond substituents is 1. The second kappa shape index (κ2) is 26.9. The number of unbranched alkanes of at least 4 members (excludes halogenated alkanes) is 1. The summed E-state index contributed by atoms with van der Waals surface area (Å²) in [6.07, 6.45) is 7.63. The van der Waals surface area contributed by atoms with E-state index in [0.717, 1.165) is 16.5 Å². The van der Waals surface area contributed by atoms with Gasteiger partial charge in [-0.15, -0.1) is 0 Å². The third kappa shape index (κ3) is 14.2. The van der Waals surface area contributed by atoms with Crippen molar-refractivity contribution in [3.63, 3.8) is 0 Å².